The molecule has 152 valence electrons. The summed E-state index contributed by atoms with van der Waals surface area (Å²) in [6.45, 7) is 0. The molecule has 0 spiro atoms. The number of aromatic nitrogens is 3. The first-order valence-electron chi connectivity index (χ1n) is 9.57. The molecule has 0 bridgehead atoms. The summed E-state index contributed by atoms with van der Waals surface area (Å²) in [6, 6.07) is 21.8. The molecule has 0 fully saturated rings. The Balaban J connectivity index is 1.40. The minimum Gasteiger partial charge on any atom is -0.360 e. The van der Waals surface area contributed by atoms with Crippen LogP contribution in [0.25, 0.3) is 11.4 Å². The summed E-state index contributed by atoms with van der Waals surface area (Å²) in [5.74, 6) is 0.450. The molecule has 31 heavy (non-hydrogen) atoms. The van der Waals surface area contributed by atoms with Crippen LogP contribution in [0.1, 0.15) is 5.56 Å². The van der Waals surface area contributed by atoms with Crippen LogP contribution in [0, 0.1) is 11.3 Å². The molecule has 4 N–H and O–H groups in total. The Kier molecular flexibility index (Phi) is 5.86. The quantitative estimate of drug-likeness (QED) is 0.360. The first kappa shape index (κ1) is 19.7. The molecule has 0 aliphatic heterocycles. The molecular formula is C23H19N7O. The van der Waals surface area contributed by atoms with E-state index in [0.717, 1.165) is 22.6 Å². The summed E-state index contributed by atoms with van der Waals surface area (Å²) >= 11 is 0. The number of nitrogens with zero attached hydrogens (tertiary/aromatic N) is 3. The molecule has 0 unspecified atom stereocenters. The fraction of sp³-hybridized carbons (Fsp3) is 0.0435. The molecule has 2 amide bonds. The predicted octanol–water partition coefficient (Wildman–Crippen LogP) is 4.93. The van der Waals surface area contributed by atoms with E-state index in [1.54, 1.807) is 30.5 Å². The maximum atomic E-state index is 12.3. The van der Waals surface area contributed by atoms with Crippen molar-refractivity contribution >= 4 is 29.0 Å². The molecule has 8 heteroatoms. The first-order chi connectivity index (χ1) is 15.2. The third-order valence-corrected chi connectivity index (χ3v) is 4.40. The topological polar surface area (TPSA) is 119 Å². The Bertz CT molecular complexity index is 1210. The number of rotatable bonds is 6. The van der Waals surface area contributed by atoms with Gasteiger partial charge in [0.1, 0.15) is 0 Å². The van der Waals surface area contributed by atoms with Crippen molar-refractivity contribution in [3.8, 4) is 17.5 Å². The maximum Gasteiger partial charge on any atom is 0.323 e. The van der Waals surface area contributed by atoms with E-state index in [2.05, 4.69) is 37.0 Å². The normalized spacial score (nSPS) is 10.2. The molecule has 4 aromatic rings. The average Bonchev–Trinajstić information content (AvgIpc) is 3.31. The molecule has 2 aromatic carbocycles. The van der Waals surface area contributed by atoms with Gasteiger partial charge in [-0.2, -0.15) is 5.26 Å². The average molecular weight is 409 g/mol. The van der Waals surface area contributed by atoms with Gasteiger partial charge in [0.05, 0.1) is 23.9 Å². The lowest BCUT2D eigenvalue weighted by Gasteiger charge is -2.10. The Hall–Kier alpha value is -4.64. The van der Waals surface area contributed by atoms with E-state index in [0.29, 0.717) is 23.7 Å². The number of hydrogen-bond donors (Lipinski definition) is 4. The number of hydrogen-bond acceptors (Lipinski definition) is 5. The summed E-state index contributed by atoms with van der Waals surface area (Å²) in [5.41, 5.74) is 4.57. The van der Waals surface area contributed by atoms with Gasteiger partial charge in [0.15, 0.2) is 0 Å². The van der Waals surface area contributed by atoms with Crippen LogP contribution in [0.5, 0.6) is 0 Å². The number of urea groups is 1. The van der Waals surface area contributed by atoms with Gasteiger partial charge in [0.25, 0.3) is 0 Å². The SMILES string of the molecule is N#CCc1ccc(NC(=O)Nc2cccc(Nc3nccc(-c4ccc[nH]4)n3)c2)cc1. The molecule has 0 atom stereocenters. The van der Waals surface area contributed by atoms with Crippen LogP contribution in [0.4, 0.5) is 27.8 Å². The van der Waals surface area contributed by atoms with Gasteiger partial charge in [-0.3, -0.25) is 0 Å². The summed E-state index contributed by atoms with van der Waals surface area (Å²) in [4.78, 5) is 24.2. The van der Waals surface area contributed by atoms with Gasteiger partial charge in [-0.15, -0.1) is 0 Å². The number of amides is 2. The van der Waals surface area contributed by atoms with Crippen molar-refractivity contribution in [3.63, 3.8) is 0 Å². The number of anilines is 4. The Labute approximate surface area is 179 Å². The molecule has 2 heterocycles. The van der Waals surface area contributed by atoms with E-state index in [-0.39, 0.29) is 6.03 Å². The zero-order chi connectivity index (χ0) is 21.5. The van der Waals surface area contributed by atoms with E-state index in [4.69, 9.17) is 5.26 Å². The highest BCUT2D eigenvalue weighted by Gasteiger charge is 2.06. The van der Waals surface area contributed by atoms with Gasteiger partial charge in [-0.05, 0) is 54.1 Å². The number of carbonyl (C=O) groups is 1. The van der Waals surface area contributed by atoms with E-state index in [1.807, 2.05) is 48.7 Å². The lowest BCUT2D eigenvalue weighted by atomic mass is 10.1. The van der Waals surface area contributed by atoms with Crippen molar-refractivity contribution in [3.05, 3.63) is 84.7 Å². The van der Waals surface area contributed by atoms with E-state index >= 15 is 0 Å². The van der Waals surface area contributed by atoms with Crippen molar-refractivity contribution in [2.75, 3.05) is 16.0 Å². The van der Waals surface area contributed by atoms with Crippen LogP contribution in [0.3, 0.4) is 0 Å². The molecule has 4 rings (SSSR count). The number of nitrogens with one attached hydrogen (secondary N) is 4. The van der Waals surface area contributed by atoms with Crippen molar-refractivity contribution in [1.29, 1.82) is 5.26 Å². The molecule has 0 aliphatic carbocycles. The largest absolute Gasteiger partial charge is 0.360 e. The monoisotopic (exact) mass is 409 g/mol. The third kappa shape index (κ3) is 5.25. The molecule has 0 radical (unpaired) electrons. The summed E-state index contributed by atoms with van der Waals surface area (Å²) in [7, 11) is 0. The first-order valence-corrected chi connectivity index (χ1v) is 9.57. The standard InChI is InChI=1S/C23H19N7O/c24-12-10-16-6-8-17(9-7-16)28-23(31)29-19-4-1-3-18(15-19)27-22-26-14-11-21(30-22)20-5-2-13-25-20/h1-9,11,13-15,25H,10H2,(H,26,27,30)(H2,28,29,31). The zero-order valence-electron chi connectivity index (χ0n) is 16.5. The highest BCUT2D eigenvalue weighted by molar-refractivity contribution is 6.00. The predicted molar refractivity (Wildman–Crippen MR) is 120 cm³/mol. The number of nitriles is 1. The lowest BCUT2D eigenvalue weighted by molar-refractivity contribution is 0.262. The van der Waals surface area contributed by atoms with Crippen molar-refractivity contribution in [1.82, 2.24) is 15.0 Å². The summed E-state index contributed by atoms with van der Waals surface area (Å²) in [5, 5.41) is 17.5. The Morgan fingerprint density at radius 1 is 0.968 bits per heavy atom. The number of aromatic amines is 1. The molecule has 8 nitrogen and oxygen atoms in total. The lowest BCUT2D eigenvalue weighted by Crippen LogP contribution is -2.19. The van der Waals surface area contributed by atoms with E-state index in [1.165, 1.54) is 0 Å². The molecule has 0 aliphatic rings. The fourth-order valence-corrected chi connectivity index (χ4v) is 2.95. The minimum atomic E-state index is -0.366. The van der Waals surface area contributed by atoms with Gasteiger partial charge in [-0.1, -0.05) is 18.2 Å². The third-order valence-electron chi connectivity index (χ3n) is 4.40. The highest BCUT2D eigenvalue weighted by Crippen LogP contribution is 2.21. The van der Waals surface area contributed by atoms with Crippen molar-refractivity contribution in [2.24, 2.45) is 0 Å². The second-order valence-electron chi connectivity index (χ2n) is 6.67. The minimum absolute atomic E-state index is 0.337. The van der Waals surface area contributed by atoms with E-state index < -0.39 is 0 Å². The van der Waals surface area contributed by atoms with Crippen molar-refractivity contribution < 1.29 is 4.79 Å². The fourth-order valence-electron chi connectivity index (χ4n) is 2.95. The maximum absolute atomic E-state index is 12.3. The summed E-state index contributed by atoms with van der Waals surface area (Å²) < 4.78 is 0. The van der Waals surface area contributed by atoms with Gasteiger partial charge in [-0.25, -0.2) is 14.8 Å². The second-order valence-corrected chi connectivity index (χ2v) is 6.67. The van der Waals surface area contributed by atoms with Crippen molar-refractivity contribution in [2.45, 2.75) is 6.42 Å². The van der Waals surface area contributed by atoms with Crippen LogP contribution in [0.15, 0.2) is 79.1 Å². The van der Waals surface area contributed by atoms with Crippen LogP contribution in [0.2, 0.25) is 0 Å². The molecule has 0 saturated carbocycles. The van der Waals surface area contributed by atoms with E-state index in [9.17, 15) is 4.79 Å². The van der Waals surface area contributed by atoms with Crippen LogP contribution >= 0.6 is 0 Å². The Morgan fingerprint density at radius 2 is 1.77 bits per heavy atom. The summed E-state index contributed by atoms with van der Waals surface area (Å²) in [6.07, 6.45) is 3.86. The van der Waals surface area contributed by atoms with Gasteiger partial charge in [0.2, 0.25) is 5.95 Å². The number of benzene rings is 2. The zero-order valence-corrected chi connectivity index (χ0v) is 16.5. The van der Waals surface area contributed by atoms with Gasteiger partial charge < -0.3 is 20.9 Å². The van der Waals surface area contributed by atoms with Gasteiger partial charge >= 0.3 is 6.03 Å². The molecule has 2 aromatic heterocycles. The highest BCUT2D eigenvalue weighted by atomic mass is 16.2. The van der Waals surface area contributed by atoms with Crippen LogP contribution in [-0.4, -0.2) is 21.0 Å². The number of carbonyl (C=O) groups excluding carboxylic acids is 1. The second kappa shape index (κ2) is 9.24. The Morgan fingerprint density at radius 3 is 2.55 bits per heavy atom. The smallest absolute Gasteiger partial charge is 0.323 e. The van der Waals surface area contributed by atoms with Crippen LogP contribution in [-0.2, 0) is 6.42 Å². The number of H-pyrrole nitrogens is 1. The molecule has 0 saturated heterocycles. The molecular weight excluding hydrogens is 390 g/mol. The van der Waals surface area contributed by atoms with Gasteiger partial charge in [0, 0.05) is 29.5 Å². The van der Waals surface area contributed by atoms with Crippen LogP contribution < -0.4 is 16.0 Å².